The van der Waals surface area contributed by atoms with E-state index in [1.165, 1.54) is 0 Å². The number of aldehydes is 1. The second-order valence-corrected chi connectivity index (χ2v) is 5.25. The molecule has 0 unspecified atom stereocenters. The van der Waals surface area contributed by atoms with Crippen LogP contribution < -0.4 is 5.32 Å². The Morgan fingerprint density at radius 1 is 1.44 bits per heavy atom. The topological polar surface area (TPSA) is 55.4 Å². The van der Waals surface area contributed by atoms with Gasteiger partial charge >= 0.3 is 6.09 Å². The molecule has 0 saturated carbocycles. The maximum absolute atomic E-state index is 11.5. The van der Waals surface area contributed by atoms with E-state index in [9.17, 15) is 9.59 Å². The first kappa shape index (κ1) is 14.5. The lowest BCUT2D eigenvalue weighted by Crippen LogP contribution is -2.32. The Kier molecular flexibility index (Phi) is 4.73. The molecule has 5 heteroatoms. The van der Waals surface area contributed by atoms with Gasteiger partial charge in [-0.15, -0.1) is 0 Å². The van der Waals surface area contributed by atoms with Gasteiger partial charge in [-0.3, -0.25) is 4.79 Å². The van der Waals surface area contributed by atoms with Crippen LogP contribution in [0.2, 0.25) is 5.02 Å². The first-order valence-corrected chi connectivity index (χ1v) is 5.90. The van der Waals surface area contributed by atoms with Gasteiger partial charge < -0.3 is 10.1 Å². The second-order valence-electron chi connectivity index (χ2n) is 4.82. The van der Waals surface area contributed by atoms with Crippen LogP contribution in [0.3, 0.4) is 0 Å². The molecule has 0 saturated heterocycles. The third-order valence-electron chi connectivity index (χ3n) is 2.06. The molecule has 0 atom stereocenters. The highest BCUT2D eigenvalue weighted by Crippen LogP contribution is 2.14. The summed E-state index contributed by atoms with van der Waals surface area (Å²) < 4.78 is 5.09. The number of nitrogens with one attached hydrogen (secondary N) is 1. The standard InChI is InChI=1S/C13H16ClNO3/c1-13(2,3)18-12(17)15-7-9-4-5-11(14)6-10(9)8-16/h4-6,8H,7H2,1-3H3,(H,15,17). The zero-order valence-corrected chi connectivity index (χ0v) is 11.4. The van der Waals surface area contributed by atoms with Gasteiger partial charge in [-0.1, -0.05) is 17.7 Å². The minimum absolute atomic E-state index is 0.222. The van der Waals surface area contributed by atoms with E-state index in [1.807, 2.05) is 0 Å². The lowest BCUT2D eigenvalue weighted by atomic mass is 10.1. The van der Waals surface area contributed by atoms with E-state index >= 15 is 0 Å². The monoisotopic (exact) mass is 269 g/mol. The summed E-state index contributed by atoms with van der Waals surface area (Å²) in [5.74, 6) is 0. The summed E-state index contributed by atoms with van der Waals surface area (Å²) in [6.07, 6.45) is 0.187. The maximum atomic E-state index is 11.5. The number of hydrogen-bond donors (Lipinski definition) is 1. The lowest BCUT2D eigenvalue weighted by molar-refractivity contribution is 0.0523. The molecule has 0 spiro atoms. The van der Waals surface area contributed by atoms with Crippen molar-refractivity contribution in [1.29, 1.82) is 0 Å². The minimum atomic E-state index is -0.544. The molecule has 1 aromatic carbocycles. The molecule has 0 heterocycles. The van der Waals surface area contributed by atoms with Gasteiger partial charge in [0, 0.05) is 17.1 Å². The van der Waals surface area contributed by atoms with E-state index in [4.69, 9.17) is 16.3 Å². The van der Waals surface area contributed by atoms with E-state index < -0.39 is 11.7 Å². The number of ether oxygens (including phenoxy) is 1. The Hall–Kier alpha value is -1.55. The van der Waals surface area contributed by atoms with E-state index in [0.717, 1.165) is 0 Å². The Morgan fingerprint density at radius 3 is 2.67 bits per heavy atom. The maximum Gasteiger partial charge on any atom is 0.407 e. The van der Waals surface area contributed by atoms with Gasteiger partial charge in [0.25, 0.3) is 0 Å². The van der Waals surface area contributed by atoms with E-state index in [2.05, 4.69) is 5.32 Å². The summed E-state index contributed by atoms with van der Waals surface area (Å²) in [5, 5.41) is 3.07. The highest BCUT2D eigenvalue weighted by atomic mass is 35.5. The van der Waals surface area contributed by atoms with Crippen molar-refractivity contribution < 1.29 is 14.3 Å². The van der Waals surface area contributed by atoms with Gasteiger partial charge in [-0.2, -0.15) is 0 Å². The fraction of sp³-hybridized carbons (Fsp3) is 0.385. The first-order valence-electron chi connectivity index (χ1n) is 5.52. The Bertz CT molecular complexity index is 452. The van der Waals surface area contributed by atoms with Crippen molar-refractivity contribution in [3.63, 3.8) is 0 Å². The Morgan fingerprint density at radius 2 is 2.11 bits per heavy atom. The van der Waals surface area contributed by atoms with Crippen LogP contribution >= 0.6 is 11.6 Å². The summed E-state index contributed by atoms with van der Waals surface area (Å²) in [7, 11) is 0. The third-order valence-corrected chi connectivity index (χ3v) is 2.29. The Labute approximate surface area is 111 Å². The van der Waals surface area contributed by atoms with Crippen LogP contribution in [0.1, 0.15) is 36.7 Å². The average molecular weight is 270 g/mol. The second kappa shape index (κ2) is 5.87. The van der Waals surface area contributed by atoms with Gasteiger partial charge in [0.05, 0.1) is 0 Å². The van der Waals surface area contributed by atoms with Gasteiger partial charge in [-0.25, -0.2) is 4.79 Å². The molecule has 0 aliphatic carbocycles. The number of alkyl carbamates (subject to hydrolysis) is 1. The molecule has 0 bridgehead atoms. The molecular formula is C13H16ClNO3. The number of carbonyl (C=O) groups excluding carboxylic acids is 2. The molecule has 18 heavy (non-hydrogen) atoms. The van der Waals surface area contributed by atoms with Gasteiger partial charge in [0.15, 0.2) is 0 Å². The largest absolute Gasteiger partial charge is 0.444 e. The molecule has 1 amide bonds. The normalized spacial score (nSPS) is 10.9. The number of amides is 1. The smallest absolute Gasteiger partial charge is 0.407 e. The predicted octanol–water partition coefficient (Wildman–Crippen LogP) is 3.18. The van der Waals surface area contributed by atoms with E-state index in [0.29, 0.717) is 22.4 Å². The van der Waals surface area contributed by atoms with Crippen molar-refractivity contribution in [2.75, 3.05) is 0 Å². The third kappa shape index (κ3) is 4.75. The molecule has 98 valence electrons. The summed E-state index contributed by atoms with van der Waals surface area (Å²) in [4.78, 5) is 22.3. The molecule has 1 rings (SSSR count). The Balaban J connectivity index is 2.64. The SMILES string of the molecule is CC(C)(C)OC(=O)NCc1ccc(Cl)cc1C=O. The van der Waals surface area contributed by atoms with Crippen molar-refractivity contribution in [3.8, 4) is 0 Å². The van der Waals surface area contributed by atoms with Crippen molar-refractivity contribution in [2.45, 2.75) is 32.9 Å². The number of carbonyl (C=O) groups is 2. The number of halogens is 1. The summed E-state index contributed by atoms with van der Waals surface area (Å²) >= 11 is 5.77. The minimum Gasteiger partial charge on any atom is -0.444 e. The van der Waals surface area contributed by atoms with Gasteiger partial charge in [0.1, 0.15) is 11.9 Å². The van der Waals surface area contributed by atoms with E-state index in [-0.39, 0.29) is 6.54 Å². The van der Waals surface area contributed by atoms with Crippen LogP contribution in [0.15, 0.2) is 18.2 Å². The summed E-state index contributed by atoms with van der Waals surface area (Å²) in [6.45, 7) is 5.57. The van der Waals surface area contributed by atoms with Crippen LogP contribution in [0.25, 0.3) is 0 Å². The van der Waals surface area contributed by atoms with Crippen LogP contribution in [-0.2, 0) is 11.3 Å². The quantitative estimate of drug-likeness (QED) is 0.858. The molecule has 1 N–H and O–H groups in total. The molecule has 1 aromatic rings. The number of benzene rings is 1. The lowest BCUT2D eigenvalue weighted by Gasteiger charge is -2.19. The van der Waals surface area contributed by atoms with Crippen molar-refractivity contribution in [1.82, 2.24) is 5.32 Å². The van der Waals surface area contributed by atoms with Crippen LogP contribution in [-0.4, -0.2) is 18.0 Å². The molecule has 0 radical (unpaired) electrons. The molecule has 0 fully saturated rings. The molecule has 0 aliphatic heterocycles. The molecule has 4 nitrogen and oxygen atoms in total. The van der Waals surface area contributed by atoms with Gasteiger partial charge in [0.2, 0.25) is 0 Å². The van der Waals surface area contributed by atoms with Crippen molar-refractivity contribution in [2.24, 2.45) is 0 Å². The summed E-state index contributed by atoms with van der Waals surface area (Å²) in [5.41, 5.74) is 0.608. The summed E-state index contributed by atoms with van der Waals surface area (Å²) in [6, 6.07) is 4.92. The number of rotatable bonds is 3. The van der Waals surface area contributed by atoms with Gasteiger partial charge in [-0.05, 0) is 38.5 Å². The molecule has 0 aromatic heterocycles. The van der Waals surface area contributed by atoms with E-state index in [1.54, 1.807) is 39.0 Å². The van der Waals surface area contributed by atoms with Crippen molar-refractivity contribution in [3.05, 3.63) is 34.3 Å². The average Bonchev–Trinajstić information content (AvgIpc) is 2.24. The fourth-order valence-corrected chi connectivity index (χ4v) is 1.50. The zero-order chi connectivity index (χ0) is 13.8. The van der Waals surface area contributed by atoms with Crippen molar-refractivity contribution >= 4 is 24.0 Å². The number of hydrogen-bond acceptors (Lipinski definition) is 3. The highest BCUT2D eigenvalue weighted by molar-refractivity contribution is 6.30. The first-order chi connectivity index (χ1) is 8.31. The van der Waals surface area contributed by atoms with Crippen LogP contribution in [0.5, 0.6) is 0 Å². The van der Waals surface area contributed by atoms with Crippen LogP contribution in [0, 0.1) is 0 Å². The zero-order valence-electron chi connectivity index (χ0n) is 10.6. The molecular weight excluding hydrogens is 254 g/mol. The van der Waals surface area contributed by atoms with Crippen LogP contribution in [0.4, 0.5) is 4.79 Å². The predicted molar refractivity (Wildman–Crippen MR) is 69.9 cm³/mol. The fourth-order valence-electron chi connectivity index (χ4n) is 1.32. The highest BCUT2D eigenvalue weighted by Gasteiger charge is 2.16. The molecule has 0 aliphatic rings.